The number of thioether (sulfide) groups is 2. The zero-order valence-electron chi connectivity index (χ0n) is 32.2. The molecule has 0 aliphatic carbocycles. The molecule has 0 spiro atoms. The first-order valence-electron chi connectivity index (χ1n) is 16.8. The normalized spacial score (nSPS) is 12.4. The van der Waals surface area contributed by atoms with Crippen LogP contribution in [0.3, 0.4) is 0 Å². The van der Waals surface area contributed by atoms with Gasteiger partial charge in [0.2, 0.25) is 0 Å². The molecule has 0 radical (unpaired) electrons. The predicted molar refractivity (Wildman–Crippen MR) is 213 cm³/mol. The number of para-hydroxylation sites is 2. The second-order valence-electron chi connectivity index (χ2n) is 17.0. The van der Waals surface area contributed by atoms with Gasteiger partial charge in [0.15, 0.2) is 0 Å². The minimum Gasteiger partial charge on any atom is -0.508 e. The summed E-state index contributed by atoms with van der Waals surface area (Å²) in [6.45, 7) is 30.4. The summed E-state index contributed by atoms with van der Waals surface area (Å²) < 4.78 is -0.164. The second-order valence-corrected chi connectivity index (χ2v) is 20.7. The third-order valence-electron chi connectivity index (χ3n) is 7.64. The van der Waals surface area contributed by atoms with Crippen molar-refractivity contribution in [2.24, 2.45) is 0 Å². The van der Waals surface area contributed by atoms with Crippen molar-refractivity contribution in [3.05, 3.63) is 107 Å². The third-order valence-corrected chi connectivity index (χ3v) is 10.1. The maximum Gasteiger partial charge on any atom is 0.123 e. The van der Waals surface area contributed by atoms with Gasteiger partial charge in [0, 0.05) is 32.0 Å². The molecule has 4 N–H and O–H groups in total. The molecule has 4 rings (SSSR count). The Morgan fingerprint density at radius 1 is 0.367 bits per heavy atom. The number of rotatable bonds is 4. The number of aromatic hydroxyl groups is 4. The molecule has 268 valence electrons. The fraction of sp³-hybridized carbons (Fsp3) is 0.442. The standard InChI is InChI=1S/C31H48O2S2.2C6H6O/c1-27(2,3)21-15-19(16-22(25(21)32)28(4,5)6)34-31(13,14)35-20-17-23(29(7,8)9)26(33)24(18-20)30(10,11)12;2*7-6-4-2-1-3-5-6/h15-18,32-33H,1-14H3;2*1-5,7H. The summed E-state index contributed by atoms with van der Waals surface area (Å²) in [6.07, 6.45) is 0. The van der Waals surface area contributed by atoms with E-state index in [4.69, 9.17) is 10.2 Å². The van der Waals surface area contributed by atoms with Crippen molar-refractivity contribution < 1.29 is 20.4 Å². The molecule has 0 unspecified atom stereocenters. The van der Waals surface area contributed by atoms with Gasteiger partial charge >= 0.3 is 0 Å². The molecule has 49 heavy (non-hydrogen) atoms. The van der Waals surface area contributed by atoms with Crippen molar-refractivity contribution >= 4 is 23.5 Å². The highest BCUT2D eigenvalue weighted by molar-refractivity contribution is 8.18. The van der Waals surface area contributed by atoms with E-state index in [1.807, 2.05) is 35.7 Å². The van der Waals surface area contributed by atoms with Crippen molar-refractivity contribution in [2.45, 2.75) is 132 Å². The highest BCUT2D eigenvalue weighted by Gasteiger charge is 2.31. The Hall–Kier alpha value is -3.22. The smallest absolute Gasteiger partial charge is 0.123 e. The Morgan fingerprint density at radius 3 is 0.755 bits per heavy atom. The number of benzene rings is 4. The van der Waals surface area contributed by atoms with E-state index in [9.17, 15) is 10.2 Å². The first-order chi connectivity index (χ1) is 22.2. The topological polar surface area (TPSA) is 80.9 Å². The molecule has 4 aromatic rings. The van der Waals surface area contributed by atoms with Gasteiger partial charge in [-0.1, -0.05) is 119 Å². The number of hydrogen-bond donors (Lipinski definition) is 4. The van der Waals surface area contributed by atoms with Gasteiger partial charge in [-0.15, -0.1) is 23.5 Å². The summed E-state index contributed by atoms with van der Waals surface area (Å²) in [4.78, 5) is 2.34. The van der Waals surface area contributed by atoms with Crippen LogP contribution in [0.1, 0.15) is 119 Å². The Bertz CT molecular complexity index is 1440. The highest BCUT2D eigenvalue weighted by Crippen LogP contribution is 2.50. The lowest BCUT2D eigenvalue weighted by Crippen LogP contribution is -2.19. The molecule has 0 heterocycles. The minimum atomic E-state index is -0.164. The van der Waals surface area contributed by atoms with Crippen LogP contribution in [0.4, 0.5) is 0 Å². The highest BCUT2D eigenvalue weighted by atomic mass is 32.2. The van der Waals surface area contributed by atoms with Gasteiger partial charge in [0.25, 0.3) is 0 Å². The van der Waals surface area contributed by atoms with Gasteiger partial charge in [-0.25, -0.2) is 0 Å². The summed E-state index contributed by atoms with van der Waals surface area (Å²) in [5.74, 6) is 1.48. The van der Waals surface area contributed by atoms with Crippen LogP contribution in [-0.4, -0.2) is 24.5 Å². The number of phenols is 4. The average molecular weight is 705 g/mol. The van der Waals surface area contributed by atoms with E-state index in [1.54, 1.807) is 48.5 Å². The summed E-state index contributed by atoms with van der Waals surface area (Å²) >= 11 is 3.66. The van der Waals surface area contributed by atoms with Crippen LogP contribution >= 0.6 is 23.5 Å². The quantitative estimate of drug-likeness (QED) is 0.125. The molecular weight excluding hydrogens is 645 g/mol. The summed E-state index contributed by atoms with van der Waals surface area (Å²) in [7, 11) is 0. The Labute approximate surface area is 305 Å². The molecule has 0 saturated carbocycles. The van der Waals surface area contributed by atoms with E-state index >= 15 is 0 Å². The van der Waals surface area contributed by atoms with Crippen molar-refractivity contribution in [2.75, 3.05) is 0 Å². The van der Waals surface area contributed by atoms with Gasteiger partial charge in [0.1, 0.15) is 23.0 Å². The summed E-state index contributed by atoms with van der Waals surface area (Å²) in [5, 5.41) is 39.5. The largest absolute Gasteiger partial charge is 0.508 e. The molecule has 4 nitrogen and oxygen atoms in total. The first kappa shape index (κ1) is 41.9. The van der Waals surface area contributed by atoms with Crippen molar-refractivity contribution in [3.8, 4) is 23.0 Å². The van der Waals surface area contributed by atoms with Crippen LogP contribution in [0, 0.1) is 0 Å². The monoisotopic (exact) mass is 704 g/mol. The fourth-order valence-corrected chi connectivity index (χ4v) is 7.65. The molecule has 0 amide bonds. The molecule has 0 saturated heterocycles. The van der Waals surface area contributed by atoms with E-state index in [0.29, 0.717) is 23.0 Å². The average Bonchev–Trinajstić information content (AvgIpc) is 2.93. The van der Waals surface area contributed by atoms with Gasteiger partial charge in [0.05, 0.1) is 4.08 Å². The molecule has 0 bridgehead atoms. The van der Waals surface area contributed by atoms with Gasteiger partial charge < -0.3 is 20.4 Å². The Kier molecular flexibility index (Phi) is 13.9. The van der Waals surface area contributed by atoms with Crippen molar-refractivity contribution in [1.82, 2.24) is 0 Å². The van der Waals surface area contributed by atoms with Crippen molar-refractivity contribution in [3.63, 3.8) is 0 Å². The van der Waals surface area contributed by atoms with Gasteiger partial charge in [-0.2, -0.15) is 0 Å². The van der Waals surface area contributed by atoms with Crippen LogP contribution in [0.2, 0.25) is 0 Å². The number of phenolic OH excluding ortho intramolecular Hbond substituents is 4. The van der Waals surface area contributed by atoms with Crippen molar-refractivity contribution in [1.29, 1.82) is 0 Å². The zero-order chi connectivity index (χ0) is 37.6. The minimum absolute atomic E-state index is 0.155. The van der Waals surface area contributed by atoms with Crippen LogP contribution in [0.25, 0.3) is 0 Å². The maximum absolute atomic E-state index is 11.1. The number of hydrogen-bond acceptors (Lipinski definition) is 6. The lowest BCUT2D eigenvalue weighted by molar-refractivity contribution is 0.421. The molecule has 0 aliphatic heterocycles. The van der Waals surface area contributed by atoms with Gasteiger partial charge in [-0.3, -0.25) is 0 Å². The predicted octanol–water partition coefficient (Wildman–Crippen LogP) is 12.7. The Morgan fingerprint density at radius 2 is 0.592 bits per heavy atom. The second kappa shape index (κ2) is 16.2. The Balaban J connectivity index is 0.000000484. The lowest BCUT2D eigenvalue weighted by Gasteiger charge is -2.31. The van der Waals surface area contributed by atoms with Crippen LogP contribution in [0.5, 0.6) is 23.0 Å². The van der Waals surface area contributed by atoms with E-state index < -0.39 is 0 Å². The zero-order valence-corrected chi connectivity index (χ0v) is 33.8. The summed E-state index contributed by atoms with van der Waals surface area (Å²) in [6, 6.07) is 26.1. The van der Waals surface area contributed by atoms with Crippen LogP contribution < -0.4 is 0 Å². The molecule has 0 aromatic heterocycles. The van der Waals surface area contributed by atoms with E-state index in [2.05, 4.69) is 121 Å². The molecular formula is C43H60O4S2. The molecule has 4 aromatic carbocycles. The molecule has 0 aliphatic rings. The van der Waals surface area contributed by atoms with E-state index in [0.717, 1.165) is 22.3 Å². The molecule has 6 heteroatoms. The molecule has 0 atom stereocenters. The fourth-order valence-electron chi connectivity index (χ4n) is 5.07. The van der Waals surface area contributed by atoms with E-state index in [1.165, 1.54) is 9.79 Å². The van der Waals surface area contributed by atoms with Gasteiger partial charge in [-0.05, 0) is 84.0 Å². The molecule has 0 fully saturated rings. The lowest BCUT2D eigenvalue weighted by atomic mass is 9.79. The SMILES string of the molecule is CC(C)(Sc1cc(C(C)(C)C)c(O)c(C(C)(C)C)c1)Sc1cc(C(C)(C)C)c(O)c(C(C)(C)C)c1.Oc1ccccc1.Oc1ccccc1. The third kappa shape index (κ3) is 13.2. The van der Waals surface area contributed by atoms with Crippen LogP contribution in [0.15, 0.2) is 94.7 Å². The van der Waals surface area contributed by atoms with Crippen LogP contribution in [-0.2, 0) is 21.7 Å². The summed E-state index contributed by atoms with van der Waals surface area (Å²) in [5.41, 5.74) is 3.34. The maximum atomic E-state index is 11.1. The van der Waals surface area contributed by atoms with E-state index in [-0.39, 0.29) is 25.7 Å². The first-order valence-corrected chi connectivity index (χ1v) is 18.5.